The summed E-state index contributed by atoms with van der Waals surface area (Å²) < 4.78 is 0. The van der Waals surface area contributed by atoms with Crippen molar-refractivity contribution in [1.82, 2.24) is 15.1 Å². The predicted octanol–water partition coefficient (Wildman–Crippen LogP) is 1.43. The summed E-state index contributed by atoms with van der Waals surface area (Å²) in [5, 5.41) is 7.32. The van der Waals surface area contributed by atoms with E-state index in [-0.39, 0.29) is 17.0 Å². The van der Waals surface area contributed by atoms with Crippen LogP contribution in [0.2, 0.25) is 0 Å². The Morgan fingerprint density at radius 3 is 2.67 bits per heavy atom. The van der Waals surface area contributed by atoms with E-state index in [0.29, 0.717) is 0 Å². The highest BCUT2D eigenvalue weighted by Gasteiger charge is 2.48. The van der Waals surface area contributed by atoms with E-state index >= 15 is 0 Å². The summed E-state index contributed by atoms with van der Waals surface area (Å²) in [5.41, 5.74) is 9.54. The molecule has 1 aliphatic heterocycles. The van der Waals surface area contributed by atoms with Gasteiger partial charge in [-0.25, -0.2) is 0 Å². The lowest BCUT2D eigenvalue weighted by atomic mass is 9.71. The van der Waals surface area contributed by atoms with E-state index in [1.807, 2.05) is 6.20 Å². The normalized spacial score (nSPS) is 27.7. The number of piperidine rings is 1. The fourth-order valence-electron chi connectivity index (χ4n) is 3.73. The summed E-state index contributed by atoms with van der Waals surface area (Å²) in [4.78, 5) is 2.57. The molecule has 1 aromatic heterocycles. The number of nitrogens with one attached hydrogen (secondary N) is 1. The predicted molar refractivity (Wildman–Crippen MR) is 72.5 cm³/mol. The third kappa shape index (κ3) is 1.62. The second-order valence-electron chi connectivity index (χ2n) is 6.89. The molecule has 0 radical (unpaired) electrons. The number of aromatic amines is 1. The van der Waals surface area contributed by atoms with Gasteiger partial charge < -0.3 is 5.73 Å². The van der Waals surface area contributed by atoms with Gasteiger partial charge >= 0.3 is 0 Å². The van der Waals surface area contributed by atoms with Gasteiger partial charge in [-0.3, -0.25) is 10.00 Å². The molecule has 3 rings (SSSR count). The number of hydrogen-bond donors (Lipinski definition) is 2. The Bertz CT molecular complexity index is 435. The molecule has 4 heteroatoms. The van der Waals surface area contributed by atoms with E-state index < -0.39 is 0 Å². The highest BCUT2D eigenvalue weighted by atomic mass is 15.2. The van der Waals surface area contributed by atoms with Crippen molar-refractivity contribution in [2.24, 2.45) is 5.73 Å². The maximum Gasteiger partial charge on any atom is 0.0528 e. The molecule has 0 bridgehead atoms. The molecule has 0 amide bonds. The molecule has 1 saturated heterocycles. The summed E-state index contributed by atoms with van der Waals surface area (Å²) in [6.45, 7) is 9.16. The van der Waals surface area contributed by atoms with Gasteiger partial charge in [0.1, 0.15) is 0 Å². The summed E-state index contributed by atoms with van der Waals surface area (Å²) >= 11 is 0. The van der Waals surface area contributed by atoms with Gasteiger partial charge in [0.2, 0.25) is 0 Å². The molecule has 3 N–H and O–H groups in total. The largest absolute Gasteiger partial charge is 0.327 e. The Balaban J connectivity index is 1.84. The van der Waals surface area contributed by atoms with Gasteiger partial charge in [-0.1, -0.05) is 0 Å². The van der Waals surface area contributed by atoms with Crippen molar-refractivity contribution in [3.63, 3.8) is 0 Å². The minimum Gasteiger partial charge on any atom is -0.327 e. The van der Waals surface area contributed by atoms with Crippen LogP contribution in [-0.4, -0.2) is 39.8 Å². The van der Waals surface area contributed by atoms with Crippen LogP contribution in [0.5, 0.6) is 0 Å². The molecule has 0 saturated carbocycles. The molecule has 1 spiro atoms. The molecule has 2 heterocycles. The number of likely N-dealkylation sites (tertiary alicyclic amines) is 1. The highest BCUT2D eigenvalue weighted by Crippen LogP contribution is 2.45. The van der Waals surface area contributed by atoms with Crippen LogP contribution in [-0.2, 0) is 11.8 Å². The van der Waals surface area contributed by atoms with E-state index in [1.54, 1.807) is 0 Å². The number of nitrogens with two attached hydrogens (primary N) is 1. The topological polar surface area (TPSA) is 57.9 Å². The van der Waals surface area contributed by atoms with Crippen molar-refractivity contribution in [2.45, 2.75) is 57.0 Å². The van der Waals surface area contributed by atoms with Crippen LogP contribution in [0.3, 0.4) is 0 Å². The number of hydrogen-bond acceptors (Lipinski definition) is 3. The first-order valence-corrected chi connectivity index (χ1v) is 6.97. The Kier molecular flexibility index (Phi) is 2.58. The molecule has 100 valence electrons. The minimum atomic E-state index is 0.185. The zero-order valence-electron chi connectivity index (χ0n) is 11.7. The Morgan fingerprint density at radius 2 is 2.06 bits per heavy atom. The molecule has 0 aromatic carbocycles. The van der Waals surface area contributed by atoms with E-state index in [4.69, 9.17) is 5.73 Å². The molecule has 1 atom stereocenters. The van der Waals surface area contributed by atoms with Gasteiger partial charge in [-0.05, 0) is 46.7 Å². The van der Waals surface area contributed by atoms with Crippen molar-refractivity contribution in [2.75, 3.05) is 13.1 Å². The van der Waals surface area contributed by atoms with Crippen LogP contribution in [0.15, 0.2) is 6.20 Å². The van der Waals surface area contributed by atoms with Crippen molar-refractivity contribution in [3.05, 3.63) is 17.5 Å². The first-order chi connectivity index (χ1) is 8.43. The zero-order chi connectivity index (χ0) is 13.0. The number of fused-ring (bicyclic) bond motifs is 2. The van der Waals surface area contributed by atoms with Gasteiger partial charge in [0.05, 0.1) is 6.20 Å². The number of nitrogens with zero attached hydrogens (tertiary/aromatic N) is 2. The molecule has 2 aliphatic rings. The Labute approximate surface area is 109 Å². The first kappa shape index (κ1) is 12.2. The van der Waals surface area contributed by atoms with Crippen LogP contribution in [0, 0.1) is 0 Å². The third-order valence-corrected chi connectivity index (χ3v) is 4.99. The first-order valence-electron chi connectivity index (χ1n) is 6.97. The van der Waals surface area contributed by atoms with Gasteiger partial charge in [-0.2, -0.15) is 5.10 Å². The second-order valence-corrected chi connectivity index (χ2v) is 6.89. The lowest BCUT2D eigenvalue weighted by molar-refractivity contribution is 0.0688. The average Bonchev–Trinajstić information content (AvgIpc) is 2.83. The number of aromatic nitrogens is 2. The fraction of sp³-hybridized carbons (Fsp3) is 0.786. The third-order valence-electron chi connectivity index (χ3n) is 4.99. The van der Waals surface area contributed by atoms with Crippen LogP contribution in [0.1, 0.15) is 44.9 Å². The van der Waals surface area contributed by atoms with Gasteiger partial charge in [0.25, 0.3) is 0 Å². The maximum absolute atomic E-state index is 6.43. The summed E-state index contributed by atoms with van der Waals surface area (Å²) in [5.74, 6) is 0. The van der Waals surface area contributed by atoms with Crippen LogP contribution >= 0.6 is 0 Å². The second kappa shape index (κ2) is 3.81. The molecule has 1 aliphatic carbocycles. The Morgan fingerprint density at radius 1 is 1.39 bits per heavy atom. The Hall–Kier alpha value is -0.870. The van der Waals surface area contributed by atoms with Crippen molar-refractivity contribution in [1.29, 1.82) is 0 Å². The van der Waals surface area contributed by atoms with Gasteiger partial charge in [-0.15, -0.1) is 0 Å². The van der Waals surface area contributed by atoms with Crippen LogP contribution in [0.25, 0.3) is 0 Å². The maximum atomic E-state index is 6.43. The van der Waals surface area contributed by atoms with E-state index in [1.165, 1.54) is 11.3 Å². The molecular formula is C14H24N4. The molecule has 4 nitrogen and oxygen atoms in total. The molecule has 1 fully saturated rings. The SMILES string of the molecule is CC(C)(C)N1CCC2(CC1)c1cn[nH]c1C[C@H]2N. The van der Waals surface area contributed by atoms with Gasteiger partial charge in [0, 0.05) is 34.7 Å². The lowest BCUT2D eigenvalue weighted by Crippen LogP contribution is -2.54. The molecule has 1 aromatic rings. The van der Waals surface area contributed by atoms with E-state index in [2.05, 4.69) is 35.9 Å². The molecule has 18 heavy (non-hydrogen) atoms. The van der Waals surface area contributed by atoms with Crippen molar-refractivity contribution in [3.8, 4) is 0 Å². The minimum absolute atomic E-state index is 0.185. The number of rotatable bonds is 0. The monoisotopic (exact) mass is 248 g/mol. The van der Waals surface area contributed by atoms with Crippen molar-refractivity contribution < 1.29 is 0 Å². The molecule has 0 unspecified atom stereocenters. The number of H-pyrrole nitrogens is 1. The van der Waals surface area contributed by atoms with Crippen LogP contribution < -0.4 is 5.73 Å². The zero-order valence-corrected chi connectivity index (χ0v) is 11.7. The summed E-state index contributed by atoms with van der Waals surface area (Å²) in [7, 11) is 0. The lowest BCUT2D eigenvalue weighted by Gasteiger charge is -2.47. The van der Waals surface area contributed by atoms with E-state index in [0.717, 1.165) is 32.4 Å². The van der Waals surface area contributed by atoms with Gasteiger partial charge in [0.15, 0.2) is 0 Å². The average molecular weight is 248 g/mol. The quantitative estimate of drug-likeness (QED) is 0.730. The highest BCUT2D eigenvalue weighted by molar-refractivity contribution is 5.37. The smallest absolute Gasteiger partial charge is 0.0528 e. The van der Waals surface area contributed by atoms with E-state index in [9.17, 15) is 0 Å². The standard InChI is InChI=1S/C14H24N4/c1-13(2,3)18-6-4-14(5-7-18)10-9-16-17-11(10)8-12(14)15/h9,12H,4-8,15H2,1-3H3,(H,16,17)/t12-/m1/s1. The van der Waals surface area contributed by atoms with Crippen LogP contribution in [0.4, 0.5) is 0 Å². The summed E-state index contributed by atoms with van der Waals surface area (Å²) in [6, 6.07) is 0.267. The van der Waals surface area contributed by atoms with Crippen molar-refractivity contribution >= 4 is 0 Å². The molecular weight excluding hydrogens is 224 g/mol. The fourth-order valence-corrected chi connectivity index (χ4v) is 3.73. The summed E-state index contributed by atoms with van der Waals surface area (Å²) in [6.07, 6.45) is 5.30.